The van der Waals surface area contributed by atoms with E-state index in [0.29, 0.717) is 6.61 Å². The van der Waals surface area contributed by atoms with Gasteiger partial charge in [0.15, 0.2) is 0 Å². The number of aryl methyl sites for hydroxylation is 1. The largest absolute Gasteiger partial charge is 0.488 e. The van der Waals surface area contributed by atoms with E-state index in [4.69, 9.17) is 9.47 Å². The molecular formula is C18H28NO3+. The first kappa shape index (κ1) is 16.8. The summed E-state index contributed by atoms with van der Waals surface area (Å²) < 4.78 is 10.9. The molecule has 0 atom stereocenters. The number of esters is 1. The summed E-state index contributed by atoms with van der Waals surface area (Å²) in [6, 6.07) is 8.32. The first-order valence-electron chi connectivity index (χ1n) is 8.44. The van der Waals surface area contributed by atoms with Crippen molar-refractivity contribution in [2.45, 2.75) is 33.1 Å². The third-order valence-electron chi connectivity index (χ3n) is 4.37. The Kier molecular flexibility index (Phi) is 6.72. The summed E-state index contributed by atoms with van der Waals surface area (Å²) in [4.78, 5) is 13.2. The van der Waals surface area contributed by atoms with Gasteiger partial charge in [-0.05, 0) is 31.0 Å². The van der Waals surface area contributed by atoms with E-state index in [1.54, 1.807) is 0 Å². The lowest BCUT2D eigenvalue weighted by Crippen LogP contribution is -3.13. The SMILES string of the molecule is CCOC(=O)C1CC[NH+](CCOc2ccc(CC)cc2)CC1. The highest BCUT2D eigenvalue weighted by Crippen LogP contribution is 2.13. The number of carbonyl (C=O) groups is 1. The van der Waals surface area contributed by atoms with Gasteiger partial charge in [-0.2, -0.15) is 0 Å². The van der Waals surface area contributed by atoms with Gasteiger partial charge in [-0.3, -0.25) is 4.79 Å². The Labute approximate surface area is 133 Å². The van der Waals surface area contributed by atoms with Crippen LogP contribution in [0.3, 0.4) is 0 Å². The number of benzene rings is 1. The zero-order valence-corrected chi connectivity index (χ0v) is 13.8. The van der Waals surface area contributed by atoms with Crippen molar-refractivity contribution in [3.63, 3.8) is 0 Å². The van der Waals surface area contributed by atoms with Gasteiger partial charge < -0.3 is 14.4 Å². The van der Waals surface area contributed by atoms with Gasteiger partial charge in [-0.15, -0.1) is 0 Å². The maximum Gasteiger partial charge on any atom is 0.309 e. The number of piperidine rings is 1. The third kappa shape index (κ3) is 5.02. The Bertz CT molecular complexity index is 450. The second-order valence-corrected chi connectivity index (χ2v) is 5.87. The molecule has 1 aromatic rings. The number of nitrogens with one attached hydrogen (secondary N) is 1. The lowest BCUT2D eigenvalue weighted by Gasteiger charge is -2.28. The summed E-state index contributed by atoms with van der Waals surface area (Å²) in [7, 11) is 0. The van der Waals surface area contributed by atoms with Crippen molar-refractivity contribution < 1.29 is 19.2 Å². The van der Waals surface area contributed by atoms with Crippen LogP contribution in [-0.2, 0) is 16.0 Å². The highest BCUT2D eigenvalue weighted by Gasteiger charge is 2.28. The molecule has 1 heterocycles. The predicted molar refractivity (Wildman–Crippen MR) is 86.2 cm³/mol. The van der Waals surface area contributed by atoms with Crippen molar-refractivity contribution in [3.8, 4) is 5.75 Å². The van der Waals surface area contributed by atoms with Crippen molar-refractivity contribution in [2.24, 2.45) is 5.92 Å². The fourth-order valence-electron chi connectivity index (χ4n) is 2.91. The van der Waals surface area contributed by atoms with Crippen LogP contribution in [0, 0.1) is 5.92 Å². The lowest BCUT2D eigenvalue weighted by atomic mass is 9.97. The van der Waals surface area contributed by atoms with E-state index in [1.807, 2.05) is 19.1 Å². The second-order valence-electron chi connectivity index (χ2n) is 5.87. The number of hydrogen-bond donors (Lipinski definition) is 1. The molecule has 1 aromatic carbocycles. The fourth-order valence-corrected chi connectivity index (χ4v) is 2.91. The molecule has 0 bridgehead atoms. The van der Waals surface area contributed by atoms with Gasteiger partial charge >= 0.3 is 5.97 Å². The number of quaternary nitrogens is 1. The minimum absolute atomic E-state index is 0.0196. The summed E-state index contributed by atoms with van der Waals surface area (Å²) in [5, 5.41) is 0. The molecule has 0 saturated carbocycles. The molecule has 0 unspecified atom stereocenters. The molecule has 1 saturated heterocycles. The van der Waals surface area contributed by atoms with E-state index in [9.17, 15) is 4.79 Å². The number of hydrogen-bond acceptors (Lipinski definition) is 3. The van der Waals surface area contributed by atoms with Crippen LogP contribution in [0.5, 0.6) is 5.75 Å². The monoisotopic (exact) mass is 306 g/mol. The Hall–Kier alpha value is -1.55. The summed E-state index contributed by atoms with van der Waals surface area (Å²) in [6.45, 7) is 8.28. The van der Waals surface area contributed by atoms with Crippen LogP contribution < -0.4 is 9.64 Å². The predicted octanol–water partition coefficient (Wildman–Crippen LogP) is 1.49. The molecule has 0 aliphatic carbocycles. The number of carbonyl (C=O) groups excluding carboxylic acids is 1. The van der Waals surface area contributed by atoms with Crippen molar-refractivity contribution in [1.29, 1.82) is 0 Å². The van der Waals surface area contributed by atoms with Crippen molar-refractivity contribution in [1.82, 2.24) is 0 Å². The minimum atomic E-state index is -0.0196. The molecule has 1 aliphatic rings. The normalized spacial score (nSPS) is 21.4. The van der Waals surface area contributed by atoms with E-state index in [-0.39, 0.29) is 11.9 Å². The average molecular weight is 306 g/mol. The van der Waals surface area contributed by atoms with Crippen LogP contribution in [0.1, 0.15) is 32.3 Å². The molecule has 1 aliphatic heterocycles. The highest BCUT2D eigenvalue weighted by molar-refractivity contribution is 5.72. The summed E-state index contributed by atoms with van der Waals surface area (Å²) in [5.41, 5.74) is 1.33. The van der Waals surface area contributed by atoms with Crippen molar-refractivity contribution in [2.75, 3.05) is 32.8 Å². The summed E-state index contributed by atoms with van der Waals surface area (Å²) >= 11 is 0. The fraction of sp³-hybridized carbons (Fsp3) is 0.611. The molecule has 4 heteroatoms. The van der Waals surface area contributed by atoms with Crippen LogP contribution in [0.25, 0.3) is 0 Å². The molecule has 0 aromatic heterocycles. The third-order valence-corrected chi connectivity index (χ3v) is 4.37. The molecule has 1 fully saturated rings. The average Bonchev–Trinajstić information content (AvgIpc) is 2.56. The molecule has 22 heavy (non-hydrogen) atoms. The van der Waals surface area contributed by atoms with Gasteiger partial charge in [-0.25, -0.2) is 0 Å². The van der Waals surface area contributed by atoms with E-state index < -0.39 is 0 Å². The first-order chi connectivity index (χ1) is 10.7. The number of rotatable bonds is 7. The standard InChI is InChI=1S/C18H27NO3/c1-3-15-5-7-17(8-6-15)22-14-13-19-11-9-16(10-12-19)18(20)21-4-2/h5-8,16H,3-4,9-14H2,1-2H3/p+1. The number of likely N-dealkylation sites (tertiary alicyclic amines) is 1. The molecule has 122 valence electrons. The topological polar surface area (TPSA) is 40.0 Å². The first-order valence-corrected chi connectivity index (χ1v) is 8.44. The van der Waals surface area contributed by atoms with Crippen molar-refractivity contribution >= 4 is 5.97 Å². The lowest BCUT2D eigenvalue weighted by molar-refractivity contribution is -0.905. The molecule has 0 spiro atoms. The molecule has 2 rings (SSSR count). The van der Waals surface area contributed by atoms with Gasteiger partial charge in [0, 0.05) is 12.8 Å². The Morgan fingerprint density at radius 2 is 1.86 bits per heavy atom. The van der Waals surface area contributed by atoms with Crippen LogP contribution >= 0.6 is 0 Å². The Morgan fingerprint density at radius 3 is 2.45 bits per heavy atom. The smallest absolute Gasteiger partial charge is 0.309 e. The van der Waals surface area contributed by atoms with E-state index in [0.717, 1.165) is 51.3 Å². The Balaban J connectivity index is 1.65. The van der Waals surface area contributed by atoms with Gasteiger partial charge in [0.25, 0.3) is 0 Å². The maximum absolute atomic E-state index is 11.7. The molecule has 4 nitrogen and oxygen atoms in total. The maximum atomic E-state index is 11.7. The minimum Gasteiger partial charge on any atom is -0.488 e. The van der Waals surface area contributed by atoms with Crippen LogP contribution in [-0.4, -0.2) is 38.8 Å². The van der Waals surface area contributed by atoms with Gasteiger partial charge in [-0.1, -0.05) is 19.1 Å². The van der Waals surface area contributed by atoms with Gasteiger partial charge in [0.1, 0.15) is 18.9 Å². The van der Waals surface area contributed by atoms with Crippen LogP contribution in [0.15, 0.2) is 24.3 Å². The highest BCUT2D eigenvalue weighted by atomic mass is 16.5. The molecule has 1 N–H and O–H groups in total. The molecule has 0 amide bonds. The van der Waals surface area contributed by atoms with E-state index in [2.05, 4.69) is 19.1 Å². The van der Waals surface area contributed by atoms with Crippen LogP contribution in [0.2, 0.25) is 0 Å². The summed E-state index contributed by atoms with van der Waals surface area (Å²) in [6.07, 6.45) is 2.92. The zero-order chi connectivity index (χ0) is 15.8. The molecule has 0 radical (unpaired) electrons. The van der Waals surface area contributed by atoms with E-state index >= 15 is 0 Å². The Morgan fingerprint density at radius 1 is 1.18 bits per heavy atom. The molecular weight excluding hydrogens is 278 g/mol. The van der Waals surface area contributed by atoms with Gasteiger partial charge in [0.2, 0.25) is 0 Å². The van der Waals surface area contributed by atoms with Crippen molar-refractivity contribution in [3.05, 3.63) is 29.8 Å². The second kappa shape index (κ2) is 8.79. The van der Waals surface area contributed by atoms with E-state index in [1.165, 1.54) is 10.5 Å². The van der Waals surface area contributed by atoms with Gasteiger partial charge in [0.05, 0.1) is 25.6 Å². The summed E-state index contributed by atoms with van der Waals surface area (Å²) in [5.74, 6) is 1.03. The van der Waals surface area contributed by atoms with Crippen LogP contribution in [0.4, 0.5) is 0 Å². The number of ether oxygens (including phenoxy) is 2. The zero-order valence-electron chi connectivity index (χ0n) is 13.8. The quantitative estimate of drug-likeness (QED) is 0.776.